The van der Waals surface area contributed by atoms with Crippen molar-refractivity contribution in [3.63, 3.8) is 0 Å². The summed E-state index contributed by atoms with van der Waals surface area (Å²) < 4.78 is 15.9. The molecular weight excluding hydrogens is 418 g/mol. The molecule has 2 aliphatic rings. The van der Waals surface area contributed by atoms with E-state index in [9.17, 15) is 5.11 Å². The number of aliphatic hydroxyl groups is 1. The number of rotatable bonds is 4. The van der Waals surface area contributed by atoms with Crippen molar-refractivity contribution in [1.29, 1.82) is 0 Å². The molecule has 5 rings (SSSR count). The van der Waals surface area contributed by atoms with Crippen molar-refractivity contribution in [3.05, 3.63) is 54.0 Å². The van der Waals surface area contributed by atoms with Crippen molar-refractivity contribution in [2.75, 3.05) is 20.3 Å². The van der Waals surface area contributed by atoms with E-state index in [1.54, 1.807) is 13.3 Å². The number of aryl methyl sites for hydroxylation is 2. The Bertz CT molecular complexity index is 1080. The van der Waals surface area contributed by atoms with Crippen LogP contribution in [-0.4, -0.2) is 47.0 Å². The normalized spacial score (nSPS) is 21.8. The van der Waals surface area contributed by atoms with Crippen LogP contribution >= 0.6 is 0 Å². The first-order valence-corrected chi connectivity index (χ1v) is 11.6. The molecule has 176 valence electrons. The van der Waals surface area contributed by atoms with E-state index in [1.807, 2.05) is 43.5 Å². The molecule has 3 heterocycles. The molecule has 1 aliphatic carbocycles. The molecule has 7 heteroatoms. The van der Waals surface area contributed by atoms with Gasteiger partial charge in [0.05, 0.1) is 24.4 Å². The fourth-order valence-electron chi connectivity index (χ4n) is 4.37. The van der Waals surface area contributed by atoms with E-state index in [1.165, 1.54) is 5.56 Å². The third kappa shape index (κ3) is 5.92. The minimum atomic E-state index is -0.565. The van der Waals surface area contributed by atoms with Crippen molar-refractivity contribution in [2.24, 2.45) is 5.73 Å². The van der Waals surface area contributed by atoms with Gasteiger partial charge in [-0.15, -0.1) is 0 Å². The molecule has 0 atom stereocenters. The average Bonchev–Trinajstić information content (AvgIpc) is 2.85. The van der Waals surface area contributed by atoms with Gasteiger partial charge in [-0.25, -0.2) is 0 Å². The first kappa shape index (κ1) is 23.3. The second kappa shape index (κ2) is 10.4. The Labute approximate surface area is 194 Å². The van der Waals surface area contributed by atoms with Crippen LogP contribution in [0.3, 0.4) is 0 Å². The van der Waals surface area contributed by atoms with Crippen LogP contribution in [0, 0.1) is 6.92 Å². The zero-order chi connectivity index (χ0) is 23.3. The van der Waals surface area contributed by atoms with Crippen molar-refractivity contribution in [3.8, 4) is 17.2 Å². The minimum absolute atomic E-state index is 0.256. The van der Waals surface area contributed by atoms with Gasteiger partial charge in [-0.05, 0) is 75.3 Å². The Balaban J connectivity index is 0.000000196. The Morgan fingerprint density at radius 3 is 2.61 bits per heavy atom. The van der Waals surface area contributed by atoms with Crippen LogP contribution in [0.4, 0.5) is 0 Å². The molecule has 1 aromatic carbocycles. The number of hydrogen-bond donors (Lipinski definition) is 2. The topological polar surface area (TPSA) is 99.7 Å². The van der Waals surface area contributed by atoms with Gasteiger partial charge < -0.3 is 25.1 Å². The standard InChI is InChI=1S/C18H24N2O2.C8H9NO2/c1-22-15-2-3-17-16(12-15)13(7-11-20-17)4-8-18(21)9-5-14(19)6-10-18;1-6-4-7-8(5-9-6)11-3-2-10-7/h2-3,7,11-12,14,21H,4-6,8-10,19H2,1H3;4-5H,2-3H2,1H3. The smallest absolute Gasteiger partial charge is 0.179 e. The van der Waals surface area contributed by atoms with E-state index in [-0.39, 0.29) is 6.04 Å². The molecule has 2 aromatic heterocycles. The average molecular weight is 452 g/mol. The summed E-state index contributed by atoms with van der Waals surface area (Å²) in [7, 11) is 1.67. The third-order valence-electron chi connectivity index (χ3n) is 6.43. The van der Waals surface area contributed by atoms with Gasteiger partial charge in [0, 0.05) is 29.4 Å². The van der Waals surface area contributed by atoms with Crippen LogP contribution in [0.1, 0.15) is 43.4 Å². The van der Waals surface area contributed by atoms with Gasteiger partial charge in [0.25, 0.3) is 0 Å². The van der Waals surface area contributed by atoms with E-state index in [2.05, 4.69) is 9.97 Å². The van der Waals surface area contributed by atoms with E-state index in [0.29, 0.717) is 13.2 Å². The summed E-state index contributed by atoms with van der Waals surface area (Å²) in [4.78, 5) is 8.49. The molecule has 3 aromatic rings. The number of benzene rings is 1. The molecule has 1 fully saturated rings. The molecule has 0 spiro atoms. The van der Waals surface area contributed by atoms with Gasteiger partial charge in [0.1, 0.15) is 19.0 Å². The molecule has 1 aliphatic heterocycles. The Morgan fingerprint density at radius 2 is 1.85 bits per heavy atom. The van der Waals surface area contributed by atoms with Crippen molar-refractivity contribution in [2.45, 2.75) is 57.1 Å². The predicted molar refractivity (Wildman–Crippen MR) is 128 cm³/mol. The lowest BCUT2D eigenvalue weighted by atomic mass is 9.79. The quantitative estimate of drug-likeness (QED) is 0.619. The van der Waals surface area contributed by atoms with Crippen LogP contribution in [0.2, 0.25) is 0 Å². The third-order valence-corrected chi connectivity index (χ3v) is 6.43. The van der Waals surface area contributed by atoms with Gasteiger partial charge in [-0.3, -0.25) is 9.97 Å². The molecule has 33 heavy (non-hydrogen) atoms. The number of methoxy groups -OCH3 is 1. The Morgan fingerprint density at radius 1 is 1.09 bits per heavy atom. The minimum Gasteiger partial charge on any atom is -0.497 e. The van der Waals surface area contributed by atoms with Gasteiger partial charge in [-0.2, -0.15) is 0 Å². The Hall–Kier alpha value is -2.90. The molecule has 0 amide bonds. The summed E-state index contributed by atoms with van der Waals surface area (Å²) in [6, 6.07) is 10.1. The van der Waals surface area contributed by atoms with Crippen LogP contribution in [0.25, 0.3) is 10.9 Å². The second-order valence-corrected chi connectivity index (χ2v) is 8.88. The molecule has 1 saturated carbocycles. The van der Waals surface area contributed by atoms with Crippen LogP contribution < -0.4 is 19.9 Å². The summed E-state index contributed by atoms with van der Waals surface area (Å²) in [6.07, 6.45) is 8.60. The zero-order valence-electron chi connectivity index (χ0n) is 19.4. The van der Waals surface area contributed by atoms with E-state index < -0.39 is 5.60 Å². The van der Waals surface area contributed by atoms with E-state index >= 15 is 0 Å². The van der Waals surface area contributed by atoms with Crippen LogP contribution in [-0.2, 0) is 6.42 Å². The number of nitrogens with two attached hydrogens (primary N) is 1. The predicted octanol–water partition coefficient (Wildman–Crippen LogP) is 3.97. The van der Waals surface area contributed by atoms with Gasteiger partial charge in [0.15, 0.2) is 11.5 Å². The van der Waals surface area contributed by atoms with E-state index in [4.69, 9.17) is 19.9 Å². The fraction of sp³-hybridized carbons (Fsp3) is 0.462. The highest BCUT2D eigenvalue weighted by atomic mass is 16.6. The highest BCUT2D eigenvalue weighted by molar-refractivity contribution is 5.83. The lowest BCUT2D eigenvalue weighted by molar-refractivity contribution is -0.00744. The molecule has 0 unspecified atom stereocenters. The largest absolute Gasteiger partial charge is 0.497 e. The number of nitrogens with zero attached hydrogens (tertiary/aromatic N) is 2. The van der Waals surface area contributed by atoms with Gasteiger partial charge in [-0.1, -0.05) is 0 Å². The number of fused-ring (bicyclic) bond motifs is 2. The highest BCUT2D eigenvalue weighted by Crippen LogP contribution is 2.33. The Kier molecular flexibility index (Phi) is 7.30. The summed E-state index contributed by atoms with van der Waals surface area (Å²) in [5.74, 6) is 2.40. The maximum atomic E-state index is 10.7. The monoisotopic (exact) mass is 451 g/mol. The van der Waals surface area contributed by atoms with Crippen molar-refractivity contribution >= 4 is 10.9 Å². The first-order valence-electron chi connectivity index (χ1n) is 11.6. The SMILES string of the molecule is COc1ccc2nccc(CCC3(O)CCC(N)CC3)c2c1.Cc1cc2c(cn1)OCCO2. The van der Waals surface area contributed by atoms with Gasteiger partial charge >= 0.3 is 0 Å². The fourth-order valence-corrected chi connectivity index (χ4v) is 4.37. The number of pyridine rings is 2. The van der Waals surface area contributed by atoms with Crippen LogP contribution in [0.15, 0.2) is 42.7 Å². The molecule has 0 bridgehead atoms. The lowest BCUT2D eigenvalue weighted by Gasteiger charge is -2.35. The number of hydrogen-bond acceptors (Lipinski definition) is 7. The molecule has 7 nitrogen and oxygen atoms in total. The molecule has 0 radical (unpaired) electrons. The number of ether oxygens (including phenoxy) is 3. The maximum absolute atomic E-state index is 10.7. The number of aromatic nitrogens is 2. The second-order valence-electron chi connectivity index (χ2n) is 8.88. The summed E-state index contributed by atoms with van der Waals surface area (Å²) in [5.41, 5.74) is 8.51. The summed E-state index contributed by atoms with van der Waals surface area (Å²) >= 11 is 0. The van der Waals surface area contributed by atoms with Crippen molar-refractivity contribution in [1.82, 2.24) is 9.97 Å². The highest BCUT2D eigenvalue weighted by Gasteiger charge is 2.31. The summed E-state index contributed by atoms with van der Waals surface area (Å²) in [5, 5.41) is 11.8. The zero-order valence-corrected chi connectivity index (χ0v) is 19.4. The maximum Gasteiger partial charge on any atom is 0.179 e. The van der Waals surface area contributed by atoms with Crippen LogP contribution in [0.5, 0.6) is 17.2 Å². The van der Waals surface area contributed by atoms with Gasteiger partial charge in [0.2, 0.25) is 0 Å². The first-order chi connectivity index (χ1) is 16.0. The summed E-state index contributed by atoms with van der Waals surface area (Å²) in [6.45, 7) is 3.19. The van der Waals surface area contributed by atoms with E-state index in [0.717, 1.165) is 72.4 Å². The molecule has 0 saturated heterocycles. The lowest BCUT2D eigenvalue weighted by Crippen LogP contribution is -2.39. The van der Waals surface area contributed by atoms with Crippen molar-refractivity contribution < 1.29 is 19.3 Å². The molecule has 3 N–H and O–H groups in total. The molecular formula is C26H33N3O4.